The maximum absolute atomic E-state index is 13.5. The van der Waals surface area contributed by atoms with Crippen LogP contribution in [-0.2, 0) is 19.6 Å². The predicted molar refractivity (Wildman–Crippen MR) is 124 cm³/mol. The van der Waals surface area contributed by atoms with E-state index >= 15 is 0 Å². The van der Waals surface area contributed by atoms with Gasteiger partial charge in [0.1, 0.15) is 22.4 Å². The Balaban J connectivity index is 1.54. The van der Waals surface area contributed by atoms with E-state index in [2.05, 4.69) is 9.72 Å². The van der Waals surface area contributed by atoms with Crippen LogP contribution in [0.2, 0.25) is 0 Å². The number of hydrogen-bond donors (Lipinski definition) is 2. The van der Waals surface area contributed by atoms with E-state index in [-0.39, 0.29) is 34.9 Å². The summed E-state index contributed by atoms with van der Waals surface area (Å²) < 4.78 is 74.2. The summed E-state index contributed by atoms with van der Waals surface area (Å²) in [5, 5.41) is 9.33. The molecule has 2 aliphatic rings. The number of amides is 2. The van der Waals surface area contributed by atoms with Gasteiger partial charge in [-0.05, 0) is 43.2 Å². The van der Waals surface area contributed by atoms with Crippen molar-refractivity contribution < 1.29 is 45.9 Å². The summed E-state index contributed by atoms with van der Waals surface area (Å²) in [4.78, 5) is 30.7. The average Bonchev–Trinajstić information content (AvgIpc) is 3.16. The van der Waals surface area contributed by atoms with Crippen molar-refractivity contribution in [2.75, 3.05) is 6.54 Å². The SMILES string of the molecule is CC(C)C(=O)N1[C@@H]2CC[C@H]1[C@H](C(=O)NO)N(S(=O)(=O)c1ccc(Oc3ccc(OC(F)(F)F)cc3)nc1)C2. The molecule has 2 fully saturated rings. The molecule has 206 valence electrons. The number of sulfonamides is 1. The van der Waals surface area contributed by atoms with Crippen molar-refractivity contribution in [1.29, 1.82) is 0 Å². The van der Waals surface area contributed by atoms with Crippen molar-refractivity contribution >= 4 is 21.8 Å². The first-order valence-corrected chi connectivity index (χ1v) is 13.0. The van der Waals surface area contributed by atoms with Crippen LogP contribution >= 0.6 is 0 Å². The molecule has 38 heavy (non-hydrogen) atoms. The second-order valence-electron chi connectivity index (χ2n) is 9.15. The fourth-order valence-corrected chi connectivity index (χ4v) is 6.32. The van der Waals surface area contributed by atoms with Crippen LogP contribution in [0.4, 0.5) is 13.2 Å². The second-order valence-corrected chi connectivity index (χ2v) is 11.0. The summed E-state index contributed by atoms with van der Waals surface area (Å²) in [6.45, 7) is 3.29. The highest BCUT2D eigenvalue weighted by atomic mass is 32.2. The van der Waals surface area contributed by atoms with Crippen molar-refractivity contribution in [3.8, 4) is 17.4 Å². The van der Waals surface area contributed by atoms with Gasteiger partial charge in [0.25, 0.3) is 5.91 Å². The lowest BCUT2D eigenvalue weighted by Crippen LogP contribution is -2.66. The summed E-state index contributed by atoms with van der Waals surface area (Å²) in [6.07, 6.45) is -2.92. The molecular weight excluding hydrogens is 533 g/mol. The summed E-state index contributed by atoms with van der Waals surface area (Å²) in [5.41, 5.74) is 1.52. The summed E-state index contributed by atoms with van der Waals surface area (Å²) in [6, 6.07) is 4.48. The van der Waals surface area contributed by atoms with Crippen LogP contribution in [0.15, 0.2) is 47.5 Å². The van der Waals surface area contributed by atoms with Crippen molar-refractivity contribution in [2.45, 2.75) is 56.1 Å². The Morgan fingerprint density at radius 3 is 2.32 bits per heavy atom. The number of hydroxylamine groups is 1. The molecule has 2 aromatic rings. The van der Waals surface area contributed by atoms with Gasteiger partial charge in [-0.15, -0.1) is 13.2 Å². The molecule has 1 aromatic heterocycles. The Kier molecular flexibility index (Phi) is 7.54. The molecule has 2 aliphatic heterocycles. The molecule has 2 N–H and O–H groups in total. The molecule has 0 saturated carbocycles. The quantitative estimate of drug-likeness (QED) is 0.391. The molecule has 11 nitrogen and oxygen atoms in total. The lowest BCUT2D eigenvalue weighted by Gasteiger charge is -2.45. The Labute approximate surface area is 216 Å². The summed E-state index contributed by atoms with van der Waals surface area (Å²) >= 11 is 0. The van der Waals surface area contributed by atoms with Gasteiger partial charge in [0.2, 0.25) is 21.8 Å². The number of hydrogen-bond acceptors (Lipinski definition) is 8. The first-order chi connectivity index (χ1) is 17.8. The van der Waals surface area contributed by atoms with E-state index in [1.165, 1.54) is 29.7 Å². The number of carbonyl (C=O) groups is 2. The van der Waals surface area contributed by atoms with Crippen LogP contribution in [0, 0.1) is 5.92 Å². The highest BCUT2D eigenvalue weighted by Gasteiger charge is 2.54. The van der Waals surface area contributed by atoms with E-state index < -0.39 is 46.2 Å². The fourth-order valence-electron chi connectivity index (χ4n) is 4.72. The number of nitrogens with one attached hydrogen (secondary N) is 1. The summed E-state index contributed by atoms with van der Waals surface area (Å²) in [7, 11) is -4.29. The van der Waals surface area contributed by atoms with Crippen LogP contribution in [0.1, 0.15) is 26.7 Å². The molecule has 0 unspecified atom stereocenters. The third-order valence-electron chi connectivity index (χ3n) is 6.33. The smallest absolute Gasteiger partial charge is 0.439 e. The molecule has 0 radical (unpaired) electrons. The number of ether oxygens (including phenoxy) is 2. The normalized spacial score (nSPS) is 21.9. The van der Waals surface area contributed by atoms with Crippen molar-refractivity contribution in [1.82, 2.24) is 19.7 Å². The minimum Gasteiger partial charge on any atom is -0.439 e. The molecule has 0 spiro atoms. The van der Waals surface area contributed by atoms with Gasteiger partial charge in [0.05, 0.1) is 12.2 Å². The minimum atomic E-state index is -4.84. The monoisotopic (exact) mass is 558 g/mol. The summed E-state index contributed by atoms with van der Waals surface area (Å²) in [5.74, 6) is -1.86. The second kappa shape index (κ2) is 10.4. The zero-order valence-corrected chi connectivity index (χ0v) is 21.1. The van der Waals surface area contributed by atoms with Gasteiger partial charge >= 0.3 is 6.36 Å². The number of benzene rings is 1. The Morgan fingerprint density at radius 1 is 1.11 bits per heavy atom. The number of rotatable bonds is 7. The van der Waals surface area contributed by atoms with Gasteiger partial charge in [-0.25, -0.2) is 18.9 Å². The molecular formula is C23H25F3N4O7S. The minimum absolute atomic E-state index is 0.0366. The van der Waals surface area contributed by atoms with Gasteiger partial charge < -0.3 is 14.4 Å². The number of halogens is 3. The van der Waals surface area contributed by atoms with Gasteiger partial charge in [0.15, 0.2) is 0 Å². The van der Waals surface area contributed by atoms with Crippen LogP contribution in [0.3, 0.4) is 0 Å². The number of fused-ring (bicyclic) bond motifs is 2. The van der Waals surface area contributed by atoms with Crippen molar-refractivity contribution in [2.24, 2.45) is 5.92 Å². The molecule has 2 saturated heterocycles. The van der Waals surface area contributed by atoms with E-state index in [1.54, 1.807) is 18.7 Å². The number of aromatic nitrogens is 1. The van der Waals surface area contributed by atoms with E-state index in [0.29, 0.717) is 12.8 Å². The van der Waals surface area contributed by atoms with E-state index in [0.717, 1.165) is 22.6 Å². The number of piperazine rings is 1. The number of alkyl halides is 3. The maximum Gasteiger partial charge on any atom is 0.573 e. The van der Waals surface area contributed by atoms with Crippen molar-refractivity contribution in [3.05, 3.63) is 42.6 Å². The van der Waals surface area contributed by atoms with E-state index in [9.17, 15) is 36.4 Å². The third-order valence-corrected chi connectivity index (χ3v) is 8.17. The first kappa shape index (κ1) is 27.6. The van der Waals surface area contributed by atoms with Gasteiger partial charge in [-0.2, -0.15) is 4.31 Å². The van der Waals surface area contributed by atoms with Crippen LogP contribution in [0.25, 0.3) is 0 Å². The lowest BCUT2D eigenvalue weighted by atomic mass is 10.0. The molecule has 15 heteroatoms. The Hall–Kier alpha value is -3.43. The zero-order valence-electron chi connectivity index (χ0n) is 20.3. The van der Waals surface area contributed by atoms with E-state index in [1.807, 2.05) is 0 Å². The lowest BCUT2D eigenvalue weighted by molar-refractivity contribution is -0.274. The topological polar surface area (TPSA) is 138 Å². The molecule has 2 amide bonds. The van der Waals surface area contributed by atoms with Crippen LogP contribution in [0.5, 0.6) is 17.4 Å². The van der Waals surface area contributed by atoms with Crippen LogP contribution < -0.4 is 15.0 Å². The standard InChI is InChI=1S/C23H25F3N4O7S/c1-13(2)22(32)30-14-3-9-18(30)20(21(31)28-33)29(12-14)38(34,35)17-8-10-19(27-11-17)36-15-4-6-16(7-5-15)37-23(24,25)26/h4-8,10-11,13-14,18,20,33H,3,9,12H2,1-2H3,(H,28,31)/t14-,18+,20-/m1/s1. The van der Waals surface area contributed by atoms with Crippen LogP contribution in [-0.4, -0.2) is 70.7 Å². The zero-order chi connectivity index (χ0) is 27.8. The molecule has 3 heterocycles. The number of carbonyl (C=O) groups excluding carboxylic acids is 2. The fraction of sp³-hybridized carbons (Fsp3) is 0.435. The predicted octanol–water partition coefficient (Wildman–Crippen LogP) is 2.67. The number of pyridine rings is 1. The molecule has 3 atom stereocenters. The number of nitrogens with zero attached hydrogens (tertiary/aromatic N) is 3. The van der Waals surface area contributed by atoms with E-state index in [4.69, 9.17) is 4.74 Å². The molecule has 0 aliphatic carbocycles. The van der Waals surface area contributed by atoms with Crippen molar-refractivity contribution in [3.63, 3.8) is 0 Å². The molecule has 1 aromatic carbocycles. The molecule has 4 rings (SSSR count). The molecule has 2 bridgehead atoms. The Bertz CT molecular complexity index is 1290. The highest BCUT2D eigenvalue weighted by molar-refractivity contribution is 7.89. The largest absolute Gasteiger partial charge is 0.573 e. The van der Waals surface area contributed by atoms with Gasteiger partial charge in [-0.3, -0.25) is 14.8 Å². The Morgan fingerprint density at radius 2 is 1.76 bits per heavy atom. The first-order valence-electron chi connectivity index (χ1n) is 11.6. The maximum atomic E-state index is 13.5. The highest BCUT2D eigenvalue weighted by Crippen LogP contribution is 2.38. The van der Waals surface area contributed by atoms with Gasteiger partial charge in [0, 0.05) is 24.6 Å². The average molecular weight is 559 g/mol. The third kappa shape index (κ3) is 5.54. The van der Waals surface area contributed by atoms with Gasteiger partial charge in [-0.1, -0.05) is 13.8 Å².